The number of nitrogens with two attached hydrogens (primary N) is 1. The van der Waals surface area contributed by atoms with E-state index >= 15 is 0 Å². The predicted octanol–water partition coefficient (Wildman–Crippen LogP) is 2.13. The highest BCUT2D eigenvalue weighted by Crippen LogP contribution is 2.18. The third kappa shape index (κ3) is 3.75. The zero-order valence-electron chi connectivity index (χ0n) is 10.3. The first-order valence-corrected chi connectivity index (χ1v) is 6.25. The Morgan fingerprint density at radius 3 is 2.95 bits per heavy atom. The van der Waals surface area contributed by atoms with Crippen molar-refractivity contribution in [1.82, 2.24) is 9.55 Å². The monoisotopic (exact) mass is 279 g/mol. The lowest BCUT2D eigenvalue weighted by Gasteiger charge is -2.08. The fourth-order valence-corrected chi connectivity index (χ4v) is 1.75. The lowest BCUT2D eigenvalue weighted by molar-refractivity contribution is 0.287. The van der Waals surface area contributed by atoms with E-state index in [1.54, 1.807) is 24.7 Å². The fourth-order valence-electron chi connectivity index (χ4n) is 1.62. The van der Waals surface area contributed by atoms with Crippen LogP contribution in [-0.4, -0.2) is 21.1 Å². The minimum Gasteiger partial charge on any atom is -0.490 e. The number of thiocarbonyl (C=S) groups is 1. The molecular formula is C13H14FN3OS. The Labute approximate surface area is 116 Å². The molecule has 1 heterocycles. The molecule has 0 fully saturated rings. The van der Waals surface area contributed by atoms with E-state index in [0.717, 1.165) is 13.0 Å². The van der Waals surface area contributed by atoms with Gasteiger partial charge >= 0.3 is 0 Å². The van der Waals surface area contributed by atoms with Crippen molar-refractivity contribution in [3.63, 3.8) is 0 Å². The summed E-state index contributed by atoms with van der Waals surface area (Å²) >= 11 is 4.78. The summed E-state index contributed by atoms with van der Waals surface area (Å²) in [7, 11) is 0. The molecule has 1 aromatic carbocycles. The second-order valence-electron chi connectivity index (χ2n) is 4.01. The first-order chi connectivity index (χ1) is 9.16. The number of hydrogen-bond donors (Lipinski definition) is 1. The molecular weight excluding hydrogens is 265 g/mol. The number of rotatable bonds is 6. The standard InChI is InChI=1S/C13H14FN3OS/c14-11-8-10(13(15)19)2-3-12(11)18-7-1-5-17-6-4-16-9-17/h2-4,6,8-9H,1,5,7H2,(H2,15,19). The highest BCUT2D eigenvalue weighted by molar-refractivity contribution is 7.80. The SMILES string of the molecule is NC(=S)c1ccc(OCCCn2ccnc2)c(F)c1. The normalized spacial score (nSPS) is 10.4. The van der Waals surface area contributed by atoms with E-state index in [4.69, 9.17) is 22.7 Å². The number of ether oxygens (including phenoxy) is 1. The molecule has 2 aromatic rings. The Hall–Kier alpha value is -1.95. The summed E-state index contributed by atoms with van der Waals surface area (Å²) < 4.78 is 21.0. The Morgan fingerprint density at radius 1 is 1.47 bits per heavy atom. The van der Waals surface area contributed by atoms with E-state index in [2.05, 4.69) is 4.98 Å². The van der Waals surface area contributed by atoms with Crippen molar-refractivity contribution < 1.29 is 9.13 Å². The Balaban J connectivity index is 1.84. The van der Waals surface area contributed by atoms with E-state index in [1.165, 1.54) is 6.07 Å². The Morgan fingerprint density at radius 2 is 2.32 bits per heavy atom. The van der Waals surface area contributed by atoms with E-state index in [0.29, 0.717) is 12.2 Å². The molecule has 0 saturated heterocycles. The van der Waals surface area contributed by atoms with Gasteiger partial charge in [-0.05, 0) is 24.6 Å². The topological polar surface area (TPSA) is 53.1 Å². The number of hydrogen-bond acceptors (Lipinski definition) is 3. The molecule has 1 aromatic heterocycles. The van der Waals surface area contributed by atoms with Gasteiger partial charge in [-0.1, -0.05) is 12.2 Å². The van der Waals surface area contributed by atoms with Gasteiger partial charge in [0.1, 0.15) is 4.99 Å². The van der Waals surface area contributed by atoms with E-state index in [9.17, 15) is 4.39 Å². The molecule has 0 amide bonds. The van der Waals surface area contributed by atoms with Gasteiger partial charge in [0, 0.05) is 24.5 Å². The summed E-state index contributed by atoms with van der Waals surface area (Å²) in [4.78, 5) is 4.11. The summed E-state index contributed by atoms with van der Waals surface area (Å²) in [6, 6.07) is 4.48. The van der Waals surface area contributed by atoms with Gasteiger partial charge in [-0.2, -0.15) is 0 Å². The molecule has 0 aliphatic carbocycles. The first kappa shape index (κ1) is 13.5. The molecule has 0 aliphatic rings. The van der Waals surface area contributed by atoms with Gasteiger partial charge in [-0.25, -0.2) is 9.37 Å². The van der Waals surface area contributed by atoms with E-state index in [-0.39, 0.29) is 10.7 Å². The molecule has 0 bridgehead atoms. The fraction of sp³-hybridized carbons (Fsp3) is 0.231. The first-order valence-electron chi connectivity index (χ1n) is 5.84. The van der Waals surface area contributed by atoms with Crippen LogP contribution in [0.2, 0.25) is 0 Å². The second-order valence-corrected chi connectivity index (χ2v) is 4.45. The van der Waals surface area contributed by atoms with E-state index in [1.807, 2.05) is 10.8 Å². The average molecular weight is 279 g/mol. The number of benzene rings is 1. The summed E-state index contributed by atoms with van der Waals surface area (Å²) in [5.41, 5.74) is 5.92. The molecule has 0 saturated carbocycles. The third-order valence-corrected chi connectivity index (χ3v) is 2.83. The van der Waals surface area contributed by atoms with E-state index < -0.39 is 5.82 Å². The van der Waals surface area contributed by atoms with Crippen molar-refractivity contribution >= 4 is 17.2 Å². The molecule has 19 heavy (non-hydrogen) atoms. The van der Waals surface area contributed by atoms with Gasteiger partial charge in [0.15, 0.2) is 11.6 Å². The van der Waals surface area contributed by atoms with Gasteiger partial charge in [0.05, 0.1) is 12.9 Å². The summed E-state index contributed by atoms with van der Waals surface area (Å²) in [6.45, 7) is 1.22. The van der Waals surface area contributed by atoms with Crippen LogP contribution in [0.5, 0.6) is 5.75 Å². The summed E-state index contributed by atoms with van der Waals surface area (Å²) in [5, 5.41) is 0. The quantitative estimate of drug-likeness (QED) is 0.650. The zero-order valence-corrected chi connectivity index (χ0v) is 11.1. The Bertz CT molecular complexity index is 557. The van der Waals surface area contributed by atoms with Gasteiger partial charge in [-0.3, -0.25) is 0 Å². The number of aryl methyl sites for hydroxylation is 1. The average Bonchev–Trinajstić information content (AvgIpc) is 2.89. The van der Waals surface area contributed by atoms with Crippen molar-refractivity contribution in [2.75, 3.05) is 6.61 Å². The maximum atomic E-state index is 13.7. The van der Waals surface area contributed by atoms with Gasteiger partial charge in [0.25, 0.3) is 0 Å². The maximum Gasteiger partial charge on any atom is 0.165 e. The van der Waals surface area contributed by atoms with Crippen LogP contribution in [-0.2, 0) is 6.54 Å². The highest BCUT2D eigenvalue weighted by atomic mass is 32.1. The Kier molecular flexibility index (Phi) is 4.46. The van der Waals surface area contributed by atoms with Crippen LogP contribution in [0.3, 0.4) is 0 Å². The molecule has 2 N–H and O–H groups in total. The molecule has 2 rings (SSSR count). The van der Waals surface area contributed by atoms with Crippen molar-refractivity contribution in [3.8, 4) is 5.75 Å². The van der Waals surface area contributed by atoms with Crippen LogP contribution < -0.4 is 10.5 Å². The van der Waals surface area contributed by atoms with Crippen molar-refractivity contribution in [2.24, 2.45) is 5.73 Å². The van der Waals surface area contributed by atoms with Crippen LogP contribution in [0, 0.1) is 5.82 Å². The van der Waals surface area contributed by atoms with Crippen molar-refractivity contribution in [3.05, 3.63) is 48.3 Å². The molecule has 4 nitrogen and oxygen atoms in total. The number of aromatic nitrogens is 2. The van der Waals surface area contributed by atoms with Gasteiger partial charge in [0.2, 0.25) is 0 Å². The third-order valence-electron chi connectivity index (χ3n) is 2.59. The molecule has 0 unspecified atom stereocenters. The molecule has 6 heteroatoms. The van der Waals surface area contributed by atoms with Crippen LogP contribution in [0.1, 0.15) is 12.0 Å². The predicted molar refractivity (Wildman–Crippen MR) is 74.6 cm³/mol. The summed E-state index contributed by atoms with van der Waals surface area (Å²) in [5.74, 6) is -0.237. The lowest BCUT2D eigenvalue weighted by atomic mass is 10.2. The van der Waals surface area contributed by atoms with Crippen LogP contribution in [0.15, 0.2) is 36.9 Å². The van der Waals surface area contributed by atoms with Gasteiger partial charge < -0.3 is 15.0 Å². The highest BCUT2D eigenvalue weighted by Gasteiger charge is 2.06. The van der Waals surface area contributed by atoms with Crippen LogP contribution in [0.4, 0.5) is 4.39 Å². The molecule has 0 atom stereocenters. The number of halogens is 1. The second kappa shape index (κ2) is 6.29. The van der Waals surface area contributed by atoms with Crippen LogP contribution in [0.25, 0.3) is 0 Å². The summed E-state index contributed by atoms with van der Waals surface area (Å²) in [6.07, 6.45) is 6.09. The largest absolute Gasteiger partial charge is 0.490 e. The minimum atomic E-state index is -0.451. The number of nitrogens with zero attached hydrogens (tertiary/aromatic N) is 2. The maximum absolute atomic E-state index is 13.7. The van der Waals surface area contributed by atoms with Gasteiger partial charge in [-0.15, -0.1) is 0 Å². The van der Waals surface area contributed by atoms with Crippen molar-refractivity contribution in [1.29, 1.82) is 0 Å². The number of imidazole rings is 1. The van der Waals surface area contributed by atoms with Crippen molar-refractivity contribution in [2.45, 2.75) is 13.0 Å². The van der Waals surface area contributed by atoms with Crippen LogP contribution >= 0.6 is 12.2 Å². The smallest absolute Gasteiger partial charge is 0.165 e. The molecule has 100 valence electrons. The molecule has 0 aliphatic heterocycles. The lowest BCUT2D eigenvalue weighted by Crippen LogP contribution is -2.10. The zero-order chi connectivity index (χ0) is 13.7. The molecule has 0 radical (unpaired) electrons. The molecule has 0 spiro atoms. The minimum absolute atomic E-state index is 0.172.